The van der Waals surface area contributed by atoms with E-state index in [0.29, 0.717) is 17.9 Å². The third-order valence-corrected chi connectivity index (χ3v) is 3.11. The Kier molecular flexibility index (Phi) is 4.16. The summed E-state index contributed by atoms with van der Waals surface area (Å²) < 4.78 is 0. The second-order valence-electron chi connectivity index (χ2n) is 4.80. The molecule has 102 valence electrons. The number of hydrogen-bond acceptors (Lipinski definition) is 5. The van der Waals surface area contributed by atoms with Crippen molar-refractivity contribution >= 4 is 11.5 Å². The highest BCUT2D eigenvalue weighted by Gasteiger charge is 2.17. The van der Waals surface area contributed by atoms with E-state index in [0.717, 1.165) is 11.3 Å². The van der Waals surface area contributed by atoms with Crippen LogP contribution in [0.2, 0.25) is 0 Å². The quantitative estimate of drug-likeness (QED) is 0.860. The highest BCUT2D eigenvalue weighted by molar-refractivity contribution is 5.55. The molecule has 0 atom stereocenters. The molecule has 0 bridgehead atoms. The third-order valence-electron chi connectivity index (χ3n) is 3.11. The third kappa shape index (κ3) is 2.86. The van der Waals surface area contributed by atoms with Crippen molar-refractivity contribution in [3.05, 3.63) is 47.7 Å². The maximum absolute atomic E-state index is 9.20. The van der Waals surface area contributed by atoms with Crippen LogP contribution in [-0.4, -0.2) is 16.2 Å². The minimum Gasteiger partial charge on any atom is -0.398 e. The van der Waals surface area contributed by atoms with Gasteiger partial charge in [0.2, 0.25) is 0 Å². The number of nitrogens with two attached hydrogens (primary N) is 1. The fraction of sp³-hybridized carbons (Fsp3) is 0.267. The Balaban J connectivity index is 2.38. The minimum absolute atomic E-state index is 0.179. The molecule has 0 fully saturated rings. The number of rotatable bonds is 4. The van der Waals surface area contributed by atoms with Crippen LogP contribution in [0, 0.1) is 11.3 Å². The maximum atomic E-state index is 9.20. The van der Waals surface area contributed by atoms with Gasteiger partial charge < -0.3 is 10.6 Å². The molecule has 0 radical (unpaired) electrons. The van der Waals surface area contributed by atoms with Crippen LogP contribution in [-0.2, 0) is 6.54 Å². The van der Waals surface area contributed by atoms with Crippen molar-refractivity contribution in [1.82, 2.24) is 10.2 Å². The fourth-order valence-corrected chi connectivity index (χ4v) is 1.99. The van der Waals surface area contributed by atoms with Crippen LogP contribution < -0.4 is 10.6 Å². The summed E-state index contributed by atoms with van der Waals surface area (Å²) in [7, 11) is 0. The first-order valence-electron chi connectivity index (χ1n) is 6.45. The molecule has 5 heteroatoms. The summed E-state index contributed by atoms with van der Waals surface area (Å²) in [6, 6.07) is 11.7. The van der Waals surface area contributed by atoms with Gasteiger partial charge in [0.05, 0.1) is 11.8 Å². The van der Waals surface area contributed by atoms with E-state index in [1.807, 2.05) is 29.2 Å². The average Bonchev–Trinajstić information content (AvgIpc) is 2.46. The second kappa shape index (κ2) is 6.02. The Hall–Kier alpha value is -2.61. The normalized spacial score (nSPS) is 10.3. The van der Waals surface area contributed by atoms with Crippen molar-refractivity contribution < 1.29 is 0 Å². The molecule has 0 saturated heterocycles. The van der Waals surface area contributed by atoms with E-state index in [1.165, 1.54) is 6.20 Å². The van der Waals surface area contributed by atoms with Crippen molar-refractivity contribution in [1.29, 1.82) is 5.26 Å². The van der Waals surface area contributed by atoms with Crippen LogP contribution in [0.15, 0.2) is 36.5 Å². The number of benzene rings is 1. The molecule has 2 aromatic rings. The highest BCUT2D eigenvalue weighted by Crippen LogP contribution is 2.22. The minimum atomic E-state index is 0.179. The largest absolute Gasteiger partial charge is 0.398 e. The number of para-hydroxylation sites is 1. The van der Waals surface area contributed by atoms with Crippen molar-refractivity contribution in [3.63, 3.8) is 0 Å². The van der Waals surface area contributed by atoms with Crippen molar-refractivity contribution in [2.75, 3.05) is 10.6 Å². The summed E-state index contributed by atoms with van der Waals surface area (Å²) in [6.07, 6.45) is 1.53. The molecule has 2 N–H and O–H groups in total. The maximum Gasteiger partial charge on any atom is 0.169 e. The van der Waals surface area contributed by atoms with Crippen molar-refractivity contribution in [2.45, 2.75) is 26.4 Å². The Morgan fingerprint density at radius 2 is 2.05 bits per heavy atom. The molecule has 0 aliphatic carbocycles. The zero-order valence-electron chi connectivity index (χ0n) is 11.6. The van der Waals surface area contributed by atoms with Crippen LogP contribution in [0.5, 0.6) is 0 Å². The Morgan fingerprint density at radius 3 is 2.70 bits per heavy atom. The van der Waals surface area contributed by atoms with Crippen LogP contribution >= 0.6 is 0 Å². The molecule has 0 aliphatic heterocycles. The molecule has 2 rings (SSSR count). The van der Waals surface area contributed by atoms with Gasteiger partial charge in [0.1, 0.15) is 6.07 Å². The van der Waals surface area contributed by atoms with Crippen LogP contribution in [0.1, 0.15) is 25.0 Å². The summed E-state index contributed by atoms with van der Waals surface area (Å²) in [4.78, 5) is 2.03. The molecule has 0 spiro atoms. The number of nitrogen functional groups attached to an aromatic ring is 1. The summed E-state index contributed by atoms with van der Waals surface area (Å²) in [5, 5.41) is 17.2. The number of nitrogens with zero attached hydrogens (tertiary/aromatic N) is 4. The van der Waals surface area contributed by atoms with Gasteiger partial charge in [-0.25, -0.2) is 0 Å². The zero-order valence-corrected chi connectivity index (χ0v) is 11.6. The smallest absolute Gasteiger partial charge is 0.169 e. The zero-order chi connectivity index (χ0) is 14.5. The first-order valence-corrected chi connectivity index (χ1v) is 6.45. The van der Waals surface area contributed by atoms with Gasteiger partial charge in [0.25, 0.3) is 0 Å². The van der Waals surface area contributed by atoms with Crippen molar-refractivity contribution in [3.8, 4) is 6.07 Å². The predicted octanol–water partition coefficient (Wildman–Crippen LogP) is 2.35. The lowest BCUT2D eigenvalue weighted by Crippen LogP contribution is -2.32. The summed E-state index contributed by atoms with van der Waals surface area (Å²) in [5.74, 6) is 0.591. The first kappa shape index (κ1) is 13.8. The van der Waals surface area contributed by atoms with Gasteiger partial charge in [0, 0.05) is 18.3 Å². The van der Waals surface area contributed by atoms with E-state index >= 15 is 0 Å². The van der Waals surface area contributed by atoms with E-state index in [4.69, 9.17) is 5.73 Å². The highest BCUT2D eigenvalue weighted by atomic mass is 15.3. The van der Waals surface area contributed by atoms with E-state index in [1.54, 1.807) is 6.07 Å². The van der Waals surface area contributed by atoms with Gasteiger partial charge in [0.15, 0.2) is 5.82 Å². The van der Waals surface area contributed by atoms with Crippen LogP contribution in [0.25, 0.3) is 0 Å². The summed E-state index contributed by atoms with van der Waals surface area (Å²) in [6.45, 7) is 4.70. The molecule has 0 amide bonds. The Labute approximate surface area is 118 Å². The van der Waals surface area contributed by atoms with Gasteiger partial charge in [-0.2, -0.15) is 10.4 Å². The van der Waals surface area contributed by atoms with E-state index in [9.17, 15) is 5.26 Å². The topological polar surface area (TPSA) is 78.8 Å². The molecule has 0 unspecified atom stereocenters. The molecule has 1 aromatic heterocycles. The molecule has 1 heterocycles. The molecule has 5 nitrogen and oxygen atoms in total. The Bertz CT molecular complexity index is 630. The number of nitriles is 1. The lowest BCUT2D eigenvalue weighted by Gasteiger charge is -2.28. The number of anilines is 2. The standard InChI is InChI=1S/C15H17N5/c1-11(2)20(10-13-5-3-4-6-14(13)17)15-12(9-16)7-8-18-19-15/h3-8,11H,10,17H2,1-2H3. The van der Waals surface area contributed by atoms with E-state index in [2.05, 4.69) is 30.1 Å². The lowest BCUT2D eigenvalue weighted by atomic mass is 10.1. The molecule has 0 saturated carbocycles. The van der Waals surface area contributed by atoms with Crippen LogP contribution in [0.3, 0.4) is 0 Å². The number of hydrogen-bond donors (Lipinski definition) is 1. The SMILES string of the molecule is CC(C)N(Cc1ccccc1N)c1nnccc1C#N. The van der Waals surface area contributed by atoms with Crippen LogP contribution in [0.4, 0.5) is 11.5 Å². The van der Waals surface area contributed by atoms with E-state index < -0.39 is 0 Å². The fourth-order valence-electron chi connectivity index (χ4n) is 1.99. The molecule has 1 aromatic carbocycles. The monoisotopic (exact) mass is 267 g/mol. The summed E-state index contributed by atoms with van der Waals surface area (Å²) in [5.41, 5.74) is 8.25. The van der Waals surface area contributed by atoms with Gasteiger partial charge in [-0.1, -0.05) is 18.2 Å². The first-order chi connectivity index (χ1) is 9.63. The summed E-state index contributed by atoms with van der Waals surface area (Å²) >= 11 is 0. The van der Waals surface area contributed by atoms with E-state index in [-0.39, 0.29) is 6.04 Å². The van der Waals surface area contributed by atoms with Gasteiger partial charge >= 0.3 is 0 Å². The Morgan fingerprint density at radius 1 is 1.30 bits per heavy atom. The van der Waals surface area contributed by atoms with Crippen molar-refractivity contribution in [2.24, 2.45) is 0 Å². The van der Waals surface area contributed by atoms with Gasteiger partial charge in [-0.3, -0.25) is 0 Å². The van der Waals surface area contributed by atoms with Gasteiger partial charge in [-0.15, -0.1) is 5.10 Å². The second-order valence-corrected chi connectivity index (χ2v) is 4.80. The number of aromatic nitrogens is 2. The molecular weight excluding hydrogens is 250 g/mol. The molecular formula is C15H17N5. The average molecular weight is 267 g/mol. The lowest BCUT2D eigenvalue weighted by molar-refractivity contribution is 0.665. The molecule has 0 aliphatic rings. The van der Waals surface area contributed by atoms with Gasteiger partial charge in [-0.05, 0) is 31.5 Å². The predicted molar refractivity (Wildman–Crippen MR) is 78.9 cm³/mol. The molecule has 20 heavy (non-hydrogen) atoms.